The quantitative estimate of drug-likeness (QED) is 0.521. The highest BCUT2D eigenvalue weighted by Gasteiger charge is 2.37. The van der Waals surface area contributed by atoms with Crippen molar-refractivity contribution >= 4 is 0 Å². The molecular formula is C9H14O4. The molecule has 0 aromatic carbocycles. The van der Waals surface area contributed by atoms with Gasteiger partial charge in [0.1, 0.15) is 0 Å². The Morgan fingerprint density at radius 2 is 1.77 bits per heavy atom. The zero-order chi connectivity index (χ0) is 9.15. The second kappa shape index (κ2) is 3.75. The van der Waals surface area contributed by atoms with Gasteiger partial charge < -0.3 is 18.9 Å². The van der Waals surface area contributed by atoms with E-state index in [0.29, 0.717) is 39.5 Å². The Labute approximate surface area is 77.4 Å². The van der Waals surface area contributed by atoms with Crippen molar-refractivity contribution in [1.29, 1.82) is 0 Å². The highest BCUT2D eigenvalue weighted by atomic mass is 16.9. The normalized spacial score (nSPS) is 28.8. The molecule has 13 heavy (non-hydrogen) atoms. The molecule has 2 saturated heterocycles. The fourth-order valence-electron chi connectivity index (χ4n) is 1.36. The van der Waals surface area contributed by atoms with Crippen LogP contribution in [0.5, 0.6) is 0 Å². The minimum atomic E-state index is -0.863. The molecule has 2 heterocycles. The fraction of sp³-hybridized carbons (Fsp3) is 0.778. The van der Waals surface area contributed by atoms with Crippen molar-refractivity contribution in [1.82, 2.24) is 0 Å². The van der Waals surface area contributed by atoms with Crippen molar-refractivity contribution in [2.24, 2.45) is 0 Å². The van der Waals surface area contributed by atoms with Gasteiger partial charge in [0.05, 0.1) is 39.5 Å². The van der Waals surface area contributed by atoms with E-state index in [1.165, 1.54) is 0 Å². The van der Waals surface area contributed by atoms with E-state index in [1.54, 1.807) is 0 Å². The lowest BCUT2D eigenvalue weighted by atomic mass is 10.3. The molecule has 0 aliphatic carbocycles. The minimum Gasteiger partial charge on any atom is -0.379 e. The van der Waals surface area contributed by atoms with Gasteiger partial charge in [-0.15, -0.1) is 0 Å². The predicted octanol–water partition coefficient (Wildman–Crippen LogP) is 0.680. The average Bonchev–Trinajstić information content (AvgIpc) is 2.37. The lowest BCUT2D eigenvalue weighted by Gasteiger charge is -2.35. The SMILES string of the molecule is C=C1COC2(CCOCCO2)OC1. The first-order chi connectivity index (χ1) is 6.31. The maximum atomic E-state index is 5.47. The Morgan fingerprint density at radius 1 is 1.00 bits per heavy atom. The standard InChI is InChI=1S/C9H14O4/c1-8-6-12-9(13-7-8)2-3-10-4-5-11-9/h1-7H2. The van der Waals surface area contributed by atoms with Crippen LogP contribution in [0.2, 0.25) is 0 Å². The van der Waals surface area contributed by atoms with Crippen LogP contribution in [-0.4, -0.2) is 39.0 Å². The summed E-state index contributed by atoms with van der Waals surface area (Å²) in [7, 11) is 0. The molecule has 4 nitrogen and oxygen atoms in total. The first-order valence-corrected chi connectivity index (χ1v) is 4.47. The van der Waals surface area contributed by atoms with Gasteiger partial charge in [-0.3, -0.25) is 0 Å². The van der Waals surface area contributed by atoms with Crippen LogP contribution < -0.4 is 0 Å². The molecule has 1 spiro atoms. The highest BCUT2D eigenvalue weighted by Crippen LogP contribution is 2.27. The summed E-state index contributed by atoms with van der Waals surface area (Å²) in [5.41, 5.74) is 0.944. The average molecular weight is 186 g/mol. The monoisotopic (exact) mass is 186 g/mol. The van der Waals surface area contributed by atoms with E-state index >= 15 is 0 Å². The molecule has 2 aliphatic heterocycles. The molecule has 0 radical (unpaired) electrons. The van der Waals surface area contributed by atoms with Gasteiger partial charge in [-0.25, -0.2) is 0 Å². The lowest BCUT2D eigenvalue weighted by Crippen LogP contribution is -2.44. The molecule has 0 saturated carbocycles. The van der Waals surface area contributed by atoms with Crippen LogP contribution in [0, 0.1) is 0 Å². The maximum absolute atomic E-state index is 5.47. The smallest absolute Gasteiger partial charge is 0.285 e. The van der Waals surface area contributed by atoms with Crippen LogP contribution in [0.3, 0.4) is 0 Å². The molecule has 0 atom stereocenters. The molecule has 2 fully saturated rings. The van der Waals surface area contributed by atoms with Crippen molar-refractivity contribution < 1.29 is 18.9 Å². The van der Waals surface area contributed by atoms with E-state index < -0.39 is 5.97 Å². The molecule has 0 bridgehead atoms. The van der Waals surface area contributed by atoms with Crippen molar-refractivity contribution in [3.8, 4) is 0 Å². The van der Waals surface area contributed by atoms with Crippen LogP contribution in [-0.2, 0) is 18.9 Å². The zero-order valence-corrected chi connectivity index (χ0v) is 7.58. The minimum absolute atomic E-state index is 0.514. The number of hydrogen-bond acceptors (Lipinski definition) is 4. The predicted molar refractivity (Wildman–Crippen MR) is 45.2 cm³/mol. The summed E-state index contributed by atoms with van der Waals surface area (Å²) in [4.78, 5) is 0. The molecule has 0 aromatic rings. The van der Waals surface area contributed by atoms with E-state index in [-0.39, 0.29) is 0 Å². The van der Waals surface area contributed by atoms with Crippen molar-refractivity contribution in [3.05, 3.63) is 12.2 Å². The highest BCUT2D eigenvalue weighted by molar-refractivity contribution is 4.97. The number of rotatable bonds is 0. The van der Waals surface area contributed by atoms with E-state index in [9.17, 15) is 0 Å². The first kappa shape index (κ1) is 9.15. The lowest BCUT2D eigenvalue weighted by molar-refractivity contribution is -0.386. The van der Waals surface area contributed by atoms with E-state index in [2.05, 4.69) is 6.58 Å². The third kappa shape index (κ3) is 2.08. The van der Waals surface area contributed by atoms with Crippen LogP contribution in [0.25, 0.3) is 0 Å². The molecule has 2 aliphatic rings. The summed E-state index contributed by atoms with van der Waals surface area (Å²) in [6.07, 6.45) is 0.625. The molecule has 74 valence electrons. The van der Waals surface area contributed by atoms with Gasteiger partial charge in [0.15, 0.2) is 0 Å². The molecule has 0 unspecified atom stereocenters. The van der Waals surface area contributed by atoms with Crippen LogP contribution >= 0.6 is 0 Å². The van der Waals surface area contributed by atoms with E-state index in [0.717, 1.165) is 5.57 Å². The summed E-state index contributed by atoms with van der Waals surface area (Å²) in [6.45, 7) is 6.55. The van der Waals surface area contributed by atoms with Gasteiger partial charge in [-0.1, -0.05) is 6.58 Å². The van der Waals surface area contributed by atoms with Gasteiger partial charge in [0, 0.05) is 0 Å². The van der Waals surface area contributed by atoms with Crippen LogP contribution in [0.4, 0.5) is 0 Å². The third-order valence-electron chi connectivity index (χ3n) is 2.09. The molecular weight excluding hydrogens is 172 g/mol. The summed E-state index contributed by atoms with van der Waals surface area (Å²) < 4.78 is 21.7. The molecule has 4 heteroatoms. The number of hydrogen-bond donors (Lipinski definition) is 0. The Hall–Kier alpha value is -0.420. The summed E-state index contributed by atoms with van der Waals surface area (Å²) in [6, 6.07) is 0. The van der Waals surface area contributed by atoms with Crippen molar-refractivity contribution in [2.45, 2.75) is 12.4 Å². The molecule has 0 N–H and O–H groups in total. The van der Waals surface area contributed by atoms with Crippen molar-refractivity contribution in [3.63, 3.8) is 0 Å². The molecule has 2 rings (SSSR count). The number of ether oxygens (including phenoxy) is 4. The topological polar surface area (TPSA) is 36.9 Å². The second-order valence-electron chi connectivity index (χ2n) is 3.22. The zero-order valence-electron chi connectivity index (χ0n) is 7.58. The third-order valence-corrected chi connectivity index (χ3v) is 2.09. The Kier molecular flexibility index (Phi) is 2.64. The fourth-order valence-corrected chi connectivity index (χ4v) is 1.36. The molecule has 0 aromatic heterocycles. The second-order valence-corrected chi connectivity index (χ2v) is 3.22. The van der Waals surface area contributed by atoms with E-state index in [4.69, 9.17) is 18.9 Å². The Morgan fingerprint density at radius 3 is 2.54 bits per heavy atom. The summed E-state index contributed by atoms with van der Waals surface area (Å²) >= 11 is 0. The maximum Gasteiger partial charge on any atom is 0.285 e. The van der Waals surface area contributed by atoms with Gasteiger partial charge >= 0.3 is 0 Å². The van der Waals surface area contributed by atoms with Gasteiger partial charge in [0.2, 0.25) is 0 Å². The van der Waals surface area contributed by atoms with Crippen LogP contribution in [0.1, 0.15) is 6.42 Å². The van der Waals surface area contributed by atoms with Gasteiger partial charge in [-0.2, -0.15) is 0 Å². The molecule has 0 amide bonds. The summed E-state index contributed by atoms with van der Waals surface area (Å²) in [5, 5.41) is 0. The first-order valence-electron chi connectivity index (χ1n) is 4.47. The largest absolute Gasteiger partial charge is 0.379 e. The Bertz CT molecular complexity index is 182. The summed E-state index contributed by atoms with van der Waals surface area (Å²) in [5.74, 6) is -0.863. The van der Waals surface area contributed by atoms with Gasteiger partial charge in [0.25, 0.3) is 5.97 Å². The van der Waals surface area contributed by atoms with E-state index in [1.807, 2.05) is 0 Å². The Balaban J connectivity index is 1.97. The van der Waals surface area contributed by atoms with Crippen molar-refractivity contribution in [2.75, 3.05) is 33.0 Å². The van der Waals surface area contributed by atoms with Gasteiger partial charge in [-0.05, 0) is 5.57 Å². The van der Waals surface area contributed by atoms with Crippen LogP contribution in [0.15, 0.2) is 12.2 Å².